The van der Waals surface area contributed by atoms with Crippen molar-refractivity contribution in [2.45, 2.75) is 6.54 Å². The number of halogens is 2. The molecule has 2 aromatic rings. The minimum Gasteiger partial charge on any atom is -0.493 e. The summed E-state index contributed by atoms with van der Waals surface area (Å²) in [5.41, 5.74) is 1.31. The lowest BCUT2D eigenvalue weighted by Gasteiger charge is -2.11. The molecule has 106 valence electrons. The summed E-state index contributed by atoms with van der Waals surface area (Å²) in [6, 6.07) is 9.90. The Kier molecular flexibility index (Phi) is 4.69. The summed E-state index contributed by atoms with van der Waals surface area (Å²) in [4.78, 5) is 0. The maximum absolute atomic E-state index is 13.6. The van der Waals surface area contributed by atoms with Crippen LogP contribution >= 0.6 is 11.6 Å². The van der Waals surface area contributed by atoms with E-state index in [9.17, 15) is 4.39 Å². The molecular weight excluding hydrogens is 281 g/mol. The molecule has 0 amide bonds. The second-order valence-corrected chi connectivity index (χ2v) is 4.60. The Morgan fingerprint density at radius 2 is 1.80 bits per heavy atom. The lowest BCUT2D eigenvalue weighted by Crippen LogP contribution is -2.02. The quantitative estimate of drug-likeness (QED) is 0.900. The Morgan fingerprint density at radius 3 is 2.50 bits per heavy atom. The summed E-state index contributed by atoms with van der Waals surface area (Å²) in [6.07, 6.45) is 0. The van der Waals surface area contributed by atoms with Gasteiger partial charge < -0.3 is 14.8 Å². The highest BCUT2D eigenvalue weighted by molar-refractivity contribution is 6.30. The molecule has 0 fully saturated rings. The van der Waals surface area contributed by atoms with Crippen LogP contribution in [0.1, 0.15) is 5.56 Å². The lowest BCUT2D eigenvalue weighted by molar-refractivity contribution is 0.355. The minimum absolute atomic E-state index is 0.289. The van der Waals surface area contributed by atoms with Gasteiger partial charge in [0.1, 0.15) is 5.82 Å². The summed E-state index contributed by atoms with van der Waals surface area (Å²) in [7, 11) is 3.14. The van der Waals surface area contributed by atoms with Gasteiger partial charge in [0.25, 0.3) is 0 Å². The van der Waals surface area contributed by atoms with Crippen molar-refractivity contribution in [3.05, 3.63) is 52.8 Å². The van der Waals surface area contributed by atoms with Crippen molar-refractivity contribution in [3.8, 4) is 11.5 Å². The van der Waals surface area contributed by atoms with Crippen molar-refractivity contribution in [1.82, 2.24) is 0 Å². The van der Waals surface area contributed by atoms with Gasteiger partial charge in [-0.3, -0.25) is 0 Å². The van der Waals surface area contributed by atoms with E-state index in [1.807, 2.05) is 6.07 Å². The van der Waals surface area contributed by atoms with Crippen LogP contribution in [0.25, 0.3) is 0 Å². The van der Waals surface area contributed by atoms with Gasteiger partial charge in [0.15, 0.2) is 11.5 Å². The third kappa shape index (κ3) is 3.33. The highest BCUT2D eigenvalue weighted by Crippen LogP contribution is 2.30. The minimum atomic E-state index is -0.289. The third-order valence-corrected chi connectivity index (χ3v) is 3.11. The first kappa shape index (κ1) is 14.5. The molecule has 0 radical (unpaired) electrons. The standard InChI is InChI=1S/C15H15ClFNO2/c1-19-14-6-4-12(8-15(14)20-2)18-9-10-7-11(16)3-5-13(10)17/h3-8,18H,9H2,1-2H3. The van der Waals surface area contributed by atoms with Crippen molar-refractivity contribution in [2.24, 2.45) is 0 Å². The van der Waals surface area contributed by atoms with Crippen LogP contribution in [0.5, 0.6) is 11.5 Å². The molecule has 0 aromatic heterocycles. The van der Waals surface area contributed by atoms with Gasteiger partial charge in [0, 0.05) is 28.9 Å². The Hall–Kier alpha value is -1.94. The molecule has 0 spiro atoms. The Bertz CT molecular complexity index is 604. The smallest absolute Gasteiger partial charge is 0.162 e. The summed E-state index contributed by atoms with van der Waals surface area (Å²) in [6.45, 7) is 0.335. The van der Waals surface area contributed by atoms with Gasteiger partial charge in [0.2, 0.25) is 0 Å². The van der Waals surface area contributed by atoms with Crippen LogP contribution in [-0.2, 0) is 6.54 Å². The largest absolute Gasteiger partial charge is 0.493 e. The van der Waals surface area contributed by atoms with Crippen molar-refractivity contribution in [3.63, 3.8) is 0 Å². The molecule has 0 atom stereocenters. The second kappa shape index (κ2) is 6.48. The van der Waals surface area contributed by atoms with E-state index in [-0.39, 0.29) is 5.82 Å². The predicted molar refractivity (Wildman–Crippen MR) is 78.3 cm³/mol. The second-order valence-electron chi connectivity index (χ2n) is 4.16. The average Bonchev–Trinajstić information content (AvgIpc) is 2.47. The van der Waals surface area contributed by atoms with Gasteiger partial charge in [-0.25, -0.2) is 4.39 Å². The zero-order chi connectivity index (χ0) is 14.5. The first-order valence-corrected chi connectivity index (χ1v) is 6.41. The number of rotatable bonds is 5. The highest BCUT2D eigenvalue weighted by atomic mass is 35.5. The molecule has 0 aliphatic carbocycles. The summed E-state index contributed by atoms with van der Waals surface area (Å²) >= 11 is 5.85. The molecule has 0 aliphatic heterocycles. The van der Waals surface area contributed by atoms with Gasteiger partial charge in [-0.1, -0.05) is 11.6 Å². The fourth-order valence-electron chi connectivity index (χ4n) is 1.82. The predicted octanol–water partition coefficient (Wildman–Crippen LogP) is 4.11. The number of methoxy groups -OCH3 is 2. The van der Waals surface area contributed by atoms with E-state index < -0.39 is 0 Å². The van der Waals surface area contributed by atoms with E-state index in [4.69, 9.17) is 21.1 Å². The van der Waals surface area contributed by atoms with E-state index >= 15 is 0 Å². The SMILES string of the molecule is COc1ccc(NCc2cc(Cl)ccc2F)cc1OC. The van der Waals surface area contributed by atoms with Gasteiger partial charge in [-0.15, -0.1) is 0 Å². The molecule has 0 saturated carbocycles. The Labute approximate surface area is 122 Å². The molecule has 20 heavy (non-hydrogen) atoms. The monoisotopic (exact) mass is 295 g/mol. The number of anilines is 1. The van der Waals surface area contributed by atoms with Crippen LogP contribution in [0.15, 0.2) is 36.4 Å². The van der Waals surface area contributed by atoms with Crippen molar-refractivity contribution >= 4 is 17.3 Å². The number of benzene rings is 2. The van der Waals surface area contributed by atoms with Crippen molar-refractivity contribution in [2.75, 3.05) is 19.5 Å². The highest BCUT2D eigenvalue weighted by Gasteiger charge is 2.06. The summed E-state index contributed by atoms with van der Waals surface area (Å²) < 4.78 is 24.0. The molecule has 1 N–H and O–H groups in total. The average molecular weight is 296 g/mol. The lowest BCUT2D eigenvalue weighted by atomic mass is 10.2. The molecule has 0 unspecified atom stereocenters. The van der Waals surface area contributed by atoms with Crippen molar-refractivity contribution < 1.29 is 13.9 Å². The van der Waals surface area contributed by atoms with E-state index in [1.54, 1.807) is 32.4 Å². The van der Waals surface area contributed by atoms with Gasteiger partial charge in [-0.05, 0) is 30.3 Å². The van der Waals surface area contributed by atoms with E-state index in [1.165, 1.54) is 12.1 Å². The van der Waals surface area contributed by atoms with Crippen LogP contribution in [0, 0.1) is 5.82 Å². The van der Waals surface area contributed by atoms with E-state index in [0.29, 0.717) is 28.6 Å². The third-order valence-electron chi connectivity index (χ3n) is 2.87. The topological polar surface area (TPSA) is 30.5 Å². The van der Waals surface area contributed by atoms with Gasteiger partial charge >= 0.3 is 0 Å². The first-order chi connectivity index (χ1) is 9.63. The van der Waals surface area contributed by atoms with Crippen LogP contribution in [0.4, 0.5) is 10.1 Å². The van der Waals surface area contributed by atoms with E-state index in [2.05, 4.69) is 5.32 Å². The maximum Gasteiger partial charge on any atom is 0.162 e. The number of hydrogen-bond acceptors (Lipinski definition) is 3. The molecule has 0 bridgehead atoms. The summed E-state index contributed by atoms with van der Waals surface area (Å²) in [5.74, 6) is 0.971. The van der Waals surface area contributed by atoms with Crippen molar-refractivity contribution in [1.29, 1.82) is 0 Å². The fraction of sp³-hybridized carbons (Fsp3) is 0.200. The normalized spacial score (nSPS) is 10.2. The Balaban J connectivity index is 2.12. The van der Waals surface area contributed by atoms with Gasteiger partial charge in [0.05, 0.1) is 14.2 Å². The number of ether oxygens (including phenoxy) is 2. The van der Waals surface area contributed by atoms with Crippen LogP contribution < -0.4 is 14.8 Å². The Morgan fingerprint density at radius 1 is 1.05 bits per heavy atom. The van der Waals surface area contributed by atoms with E-state index in [0.717, 1.165) is 5.69 Å². The molecule has 5 heteroatoms. The molecule has 0 heterocycles. The zero-order valence-electron chi connectivity index (χ0n) is 11.2. The molecule has 0 saturated heterocycles. The first-order valence-electron chi connectivity index (χ1n) is 6.04. The number of hydrogen-bond donors (Lipinski definition) is 1. The fourth-order valence-corrected chi connectivity index (χ4v) is 2.02. The van der Waals surface area contributed by atoms with Gasteiger partial charge in [-0.2, -0.15) is 0 Å². The zero-order valence-corrected chi connectivity index (χ0v) is 12.0. The molecule has 0 aliphatic rings. The van der Waals surface area contributed by atoms with Crippen LogP contribution in [-0.4, -0.2) is 14.2 Å². The van der Waals surface area contributed by atoms with Crippen LogP contribution in [0.2, 0.25) is 5.02 Å². The van der Waals surface area contributed by atoms with Crippen LogP contribution in [0.3, 0.4) is 0 Å². The molecule has 3 nitrogen and oxygen atoms in total. The maximum atomic E-state index is 13.6. The molecule has 2 aromatic carbocycles. The summed E-state index contributed by atoms with van der Waals surface area (Å²) in [5, 5.41) is 3.63. The molecule has 2 rings (SSSR count). The number of nitrogens with one attached hydrogen (secondary N) is 1. The molecular formula is C15H15ClFNO2.